The highest BCUT2D eigenvalue weighted by Crippen LogP contribution is 2.15. The van der Waals surface area contributed by atoms with Crippen molar-refractivity contribution in [3.8, 4) is 0 Å². The zero-order valence-corrected chi connectivity index (χ0v) is 7.50. The van der Waals surface area contributed by atoms with Crippen molar-refractivity contribution in [2.24, 2.45) is 0 Å². The number of hydrogen-bond acceptors (Lipinski definition) is 1. The van der Waals surface area contributed by atoms with Crippen LogP contribution in [0.3, 0.4) is 0 Å². The van der Waals surface area contributed by atoms with E-state index >= 15 is 0 Å². The molecule has 64 valence electrons. The van der Waals surface area contributed by atoms with Crippen molar-refractivity contribution in [3.63, 3.8) is 0 Å². The standard InChI is InChI=1S/C8H16N2O/c1-4-7-6-10(5-2)8(11)9(7)3/h7H,4-6H2,1-3H3. The Labute approximate surface area is 68.0 Å². The third-order valence-corrected chi connectivity index (χ3v) is 2.40. The summed E-state index contributed by atoms with van der Waals surface area (Å²) in [5.41, 5.74) is 0. The van der Waals surface area contributed by atoms with Crippen molar-refractivity contribution in [1.29, 1.82) is 0 Å². The molecular formula is C8H16N2O. The van der Waals surface area contributed by atoms with Crippen molar-refractivity contribution < 1.29 is 4.79 Å². The first-order chi connectivity index (χ1) is 5.20. The van der Waals surface area contributed by atoms with E-state index in [2.05, 4.69) is 6.92 Å². The summed E-state index contributed by atoms with van der Waals surface area (Å²) in [5.74, 6) is 0. The summed E-state index contributed by atoms with van der Waals surface area (Å²) in [5, 5.41) is 0. The van der Waals surface area contributed by atoms with Gasteiger partial charge in [-0.05, 0) is 13.3 Å². The minimum Gasteiger partial charge on any atom is -0.323 e. The van der Waals surface area contributed by atoms with E-state index < -0.39 is 0 Å². The molecule has 0 aromatic carbocycles. The monoisotopic (exact) mass is 156 g/mol. The zero-order chi connectivity index (χ0) is 8.43. The predicted molar refractivity (Wildman–Crippen MR) is 44.5 cm³/mol. The molecule has 0 aromatic rings. The number of urea groups is 1. The normalized spacial score (nSPS) is 25.0. The lowest BCUT2D eigenvalue weighted by atomic mass is 10.2. The molecule has 0 radical (unpaired) electrons. The summed E-state index contributed by atoms with van der Waals surface area (Å²) < 4.78 is 0. The van der Waals surface area contributed by atoms with E-state index in [9.17, 15) is 4.79 Å². The molecule has 0 N–H and O–H groups in total. The summed E-state index contributed by atoms with van der Waals surface area (Å²) in [7, 11) is 1.88. The van der Waals surface area contributed by atoms with Crippen LogP contribution in [0.15, 0.2) is 0 Å². The molecule has 1 aliphatic rings. The summed E-state index contributed by atoms with van der Waals surface area (Å²) in [6.07, 6.45) is 1.05. The maximum absolute atomic E-state index is 11.4. The summed E-state index contributed by atoms with van der Waals surface area (Å²) >= 11 is 0. The smallest absolute Gasteiger partial charge is 0.320 e. The SMILES string of the molecule is CCC1CN(CC)C(=O)N1C. The van der Waals surface area contributed by atoms with E-state index in [4.69, 9.17) is 0 Å². The minimum absolute atomic E-state index is 0.180. The van der Waals surface area contributed by atoms with Gasteiger partial charge in [0, 0.05) is 20.1 Å². The van der Waals surface area contributed by atoms with Crippen LogP contribution in [0.5, 0.6) is 0 Å². The molecule has 1 atom stereocenters. The van der Waals surface area contributed by atoms with Gasteiger partial charge in [0.15, 0.2) is 0 Å². The van der Waals surface area contributed by atoms with E-state index in [0.717, 1.165) is 19.5 Å². The summed E-state index contributed by atoms with van der Waals surface area (Å²) in [6, 6.07) is 0.613. The topological polar surface area (TPSA) is 23.6 Å². The van der Waals surface area contributed by atoms with Crippen LogP contribution < -0.4 is 0 Å². The Morgan fingerprint density at radius 1 is 1.55 bits per heavy atom. The van der Waals surface area contributed by atoms with Crippen LogP contribution in [-0.2, 0) is 0 Å². The first kappa shape index (κ1) is 8.37. The predicted octanol–water partition coefficient (Wildman–Crippen LogP) is 1.15. The molecule has 0 aromatic heterocycles. The van der Waals surface area contributed by atoms with Crippen LogP contribution in [0.4, 0.5) is 4.79 Å². The van der Waals surface area contributed by atoms with Gasteiger partial charge in [-0.1, -0.05) is 6.92 Å². The lowest BCUT2D eigenvalue weighted by Crippen LogP contribution is -2.30. The van der Waals surface area contributed by atoms with Crippen LogP contribution in [0.1, 0.15) is 20.3 Å². The third kappa shape index (κ3) is 1.32. The average molecular weight is 156 g/mol. The lowest BCUT2D eigenvalue weighted by Gasteiger charge is -2.14. The second kappa shape index (κ2) is 3.11. The van der Waals surface area contributed by atoms with E-state index in [1.165, 1.54) is 0 Å². The number of rotatable bonds is 2. The molecular weight excluding hydrogens is 140 g/mol. The molecule has 11 heavy (non-hydrogen) atoms. The molecule has 1 fully saturated rings. The van der Waals surface area contributed by atoms with Crippen LogP contribution in [0.2, 0.25) is 0 Å². The second-order valence-corrected chi connectivity index (χ2v) is 2.99. The fourth-order valence-electron chi connectivity index (χ4n) is 1.50. The van der Waals surface area contributed by atoms with Gasteiger partial charge in [-0.25, -0.2) is 4.79 Å². The highest BCUT2D eigenvalue weighted by atomic mass is 16.2. The number of carbonyl (C=O) groups is 1. The van der Waals surface area contributed by atoms with Gasteiger partial charge in [0.2, 0.25) is 0 Å². The first-order valence-electron chi connectivity index (χ1n) is 4.22. The highest BCUT2D eigenvalue weighted by Gasteiger charge is 2.31. The molecule has 0 bridgehead atoms. The Balaban J connectivity index is 2.61. The van der Waals surface area contributed by atoms with E-state index in [1.54, 1.807) is 0 Å². The van der Waals surface area contributed by atoms with E-state index in [1.807, 2.05) is 23.8 Å². The molecule has 3 heteroatoms. The number of amides is 2. The molecule has 1 saturated heterocycles. The van der Waals surface area contributed by atoms with Crippen molar-refractivity contribution in [3.05, 3.63) is 0 Å². The molecule has 2 amide bonds. The molecule has 0 aliphatic carbocycles. The number of carbonyl (C=O) groups excluding carboxylic acids is 1. The van der Waals surface area contributed by atoms with Gasteiger partial charge in [0.25, 0.3) is 0 Å². The zero-order valence-electron chi connectivity index (χ0n) is 7.50. The van der Waals surface area contributed by atoms with Crippen LogP contribution >= 0.6 is 0 Å². The van der Waals surface area contributed by atoms with E-state index in [-0.39, 0.29) is 6.03 Å². The summed E-state index contributed by atoms with van der Waals surface area (Å²) in [6.45, 7) is 5.87. The maximum Gasteiger partial charge on any atom is 0.320 e. The van der Waals surface area contributed by atoms with Crippen molar-refractivity contribution >= 4 is 6.03 Å². The highest BCUT2D eigenvalue weighted by molar-refractivity contribution is 5.76. The van der Waals surface area contributed by atoms with Gasteiger partial charge in [-0.2, -0.15) is 0 Å². The first-order valence-corrected chi connectivity index (χ1v) is 4.22. The average Bonchev–Trinajstić information content (AvgIpc) is 2.30. The third-order valence-electron chi connectivity index (χ3n) is 2.40. The Morgan fingerprint density at radius 3 is 2.45 bits per heavy atom. The van der Waals surface area contributed by atoms with Crippen molar-refractivity contribution in [2.75, 3.05) is 20.1 Å². The Bertz CT molecular complexity index is 154. The fraction of sp³-hybridized carbons (Fsp3) is 0.875. The lowest BCUT2D eigenvalue weighted by molar-refractivity contribution is 0.196. The molecule has 1 heterocycles. The van der Waals surface area contributed by atoms with Crippen molar-refractivity contribution in [1.82, 2.24) is 9.80 Å². The van der Waals surface area contributed by atoms with Crippen LogP contribution in [0, 0.1) is 0 Å². The Hall–Kier alpha value is -0.730. The minimum atomic E-state index is 0.180. The molecule has 1 unspecified atom stereocenters. The van der Waals surface area contributed by atoms with Gasteiger partial charge in [0.05, 0.1) is 6.04 Å². The number of likely N-dealkylation sites (N-methyl/N-ethyl adjacent to an activating group) is 2. The van der Waals surface area contributed by atoms with Crippen LogP contribution in [0.25, 0.3) is 0 Å². The van der Waals surface area contributed by atoms with E-state index in [0.29, 0.717) is 6.04 Å². The van der Waals surface area contributed by atoms with Gasteiger partial charge < -0.3 is 9.80 Å². The largest absolute Gasteiger partial charge is 0.323 e. The number of hydrogen-bond donors (Lipinski definition) is 0. The molecule has 1 rings (SSSR count). The van der Waals surface area contributed by atoms with Crippen LogP contribution in [-0.4, -0.2) is 42.0 Å². The van der Waals surface area contributed by atoms with Gasteiger partial charge in [0.1, 0.15) is 0 Å². The molecule has 3 nitrogen and oxygen atoms in total. The van der Waals surface area contributed by atoms with Gasteiger partial charge >= 0.3 is 6.03 Å². The van der Waals surface area contributed by atoms with Gasteiger partial charge in [-0.3, -0.25) is 0 Å². The molecule has 0 saturated carbocycles. The second-order valence-electron chi connectivity index (χ2n) is 2.99. The summed E-state index contributed by atoms with van der Waals surface area (Å²) in [4.78, 5) is 15.1. The maximum atomic E-state index is 11.4. The molecule has 0 spiro atoms. The van der Waals surface area contributed by atoms with Crippen molar-refractivity contribution in [2.45, 2.75) is 26.3 Å². The van der Waals surface area contributed by atoms with Gasteiger partial charge in [-0.15, -0.1) is 0 Å². The Morgan fingerprint density at radius 2 is 2.18 bits per heavy atom. The number of nitrogens with zero attached hydrogens (tertiary/aromatic N) is 2. The fourth-order valence-corrected chi connectivity index (χ4v) is 1.50. The molecule has 1 aliphatic heterocycles. The quantitative estimate of drug-likeness (QED) is 0.588. The Kier molecular flexibility index (Phi) is 2.37.